The van der Waals surface area contributed by atoms with Gasteiger partial charge in [0.05, 0.1) is 12.2 Å². The summed E-state index contributed by atoms with van der Waals surface area (Å²) < 4.78 is 3.53. The molecule has 0 bridgehead atoms. The summed E-state index contributed by atoms with van der Waals surface area (Å²) in [5.41, 5.74) is 4.50. The molecule has 0 aliphatic rings. The van der Waals surface area contributed by atoms with Crippen LogP contribution in [0.3, 0.4) is 0 Å². The smallest absolute Gasteiger partial charge is 0.290 e. The van der Waals surface area contributed by atoms with E-state index >= 15 is 0 Å². The fourth-order valence-corrected chi connectivity index (χ4v) is 4.38. The van der Waals surface area contributed by atoms with Crippen molar-refractivity contribution in [3.8, 4) is 22.6 Å². The summed E-state index contributed by atoms with van der Waals surface area (Å²) in [6, 6.07) is 12.0. The molecule has 0 aliphatic carbocycles. The summed E-state index contributed by atoms with van der Waals surface area (Å²) in [6.07, 6.45) is 6.64. The van der Waals surface area contributed by atoms with Gasteiger partial charge in [-0.25, -0.2) is 4.79 Å². The molecule has 172 valence electrons. The maximum absolute atomic E-state index is 13.1. The van der Waals surface area contributed by atoms with Crippen molar-refractivity contribution in [3.05, 3.63) is 69.5 Å². The Balaban J connectivity index is 1.63. The first-order valence-electron chi connectivity index (χ1n) is 11.4. The Morgan fingerprint density at radius 2 is 1.85 bits per heavy atom. The fourth-order valence-electron chi connectivity index (χ4n) is 4.02. The molecule has 8 nitrogen and oxygen atoms in total. The van der Waals surface area contributed by atoms with Gasteiger partial charge in [0.15, 0.2) is 0 Å². The highest BCUT2D eigenvalue weighted by Crippen LogP contribution is 2.28. The molecule has 4 rings (SSSR count). The molecule has 1 aromatic carbocycles. The zero-order chi connectivity index (χ0) is 23.2. The number of nitrogens with zero attached hydrogens (tertiary/aromatic N) is 6. The van der Waals surface area contributed by atoms with Crippen molar-refractivity contribution in [2.24, 2.45) is 0 Å². The number of aromatic amines is 1. The number of nitrogens with one attached hydrogen (secondary N) is 1. The van der Waals surface area contributed by atoms with E-state index in [1.807, 2.05) is 41.0 Å². The molecule has 0 radical (unpaired) electrons. The molecule has 0 saturated heterocycles. The summed E-state index contributed by atoms with van der Waals surface area (Å²) >= 11 is 6.65. The lowest BCUT2D eigenvalue weighted by Crippen LogP contribution is -2.25. The van der Waals surface area contributed by atoms with Crippen LogP contribution in [-0.4, -0.2) is 34.7 Å². The highest BCUT2D eigenvalue weighted by molar-refractivity contribution is 6.30. The van der Waals surface area contributed by atoms with Gasteiger partial charge in [-0.05, 0) is 41.7 Å². The number of tetrazole rings is 1. The van der Waals surface area contributed by atoms with Crippen LogP contribution in [0, 0.1) is 0 Å². The van der Waals surface area contributed by atoms with Gasteiger partial charge < -0.3 is 0 Å². The molecule has 4 aromatic rings. The highest BCUT2D eigenvalue weighted by atomic mass is 35.5. The number of rotatable bonds is 10. The fraction of sp³-hybridized carbons (Fsp3) is 0.375. The number of aromatic nitrogens is 7. The Morgan fingerprint density at radius 1 is 1.03 bits per heavy atom. The third-order valence-corrected chi connectivity index (χ3v) is 6.12. The van der Waals surface area contributed by atoms with Crippen LogP contribution in [-0.2, 0) is 19.5 Å². The summed E-state index contributed by atoms with van der Waals surface area (Å²) in [5.74, 6) is 0.449. The average Bonchev–Trinajstić information content (AvgIpc) is 3.45. The van der Waals surface area contributed by atoms with E-state index in [2.05, 4.69) is 39.5 Å². The molecule has 3 aromatic heterocycles. The average molecular weight is 466 g/mol. The molecule has 33 heavy (non-hydrogen) atoms. The Bertz CT molecular complexity index is 1240. The molecule has 1 N–H and O–H groups in total. The van der Waals surface area contributed by atoms with E-state index in [9.17, 15) is 4.79 Å². The number of unbranched alkanes of at least 4 members (excludes halogenated alkanes) is 2. The minimum Gasteiger partial charge on any atom is -0.290 e. The monoisotopic (exact) mass is 465 g/mol. The SMILES string of the molecule is CCCCCc1c(Cl)n(CCC)c(=O)n1Cc1ccc(-c2cccnc2-c2nn[nH]n2)cc1. The standard InChI is InChI=1S/C24H28ClN7O/c1-3-5-6-9-20-22(25)31(15-4-2)24(33)32(20)16-17-10-12-18(13-11-17)19-8-7-14-26-21(19)23-27-29-30-28-23/h7-8,10-14H,3-6,9,15-16H2,1-2H3,(H,27,28,29,30). The predicted octanol–water partition coefficient (Wildman–Crippen LogP) is 4.74. The minimum absolute atomic E-state index is 0.0379. The van der Waals surface area contributed by atoms with Crippen molar-refractivity contribution in [1.29, 1.82) is 0 Å². The summed E-state index contributed by atoms with van der Waals surface area (Å²) in [6.45, 7) is 5.34. The summed E-state index contributed by atoms with van der Waals surface area (Å²) in [5, 5.41) is 14.8. The lowest BCUT2D eigenvalue weighted by molar-refractivity contribution is 0.615. The maximum Gasteiger partial charge on any atom is 0.329 e. The van der Waals surface area contributed by atoms with Crippen molar-refractivity contribution in [3.63, 3.8) is 0 Å². The van der Waals surface area contributed by atoms with Crippen LogP contribution < -0.4 is 5.69 Å². The molecule has 0 atom stereocenters. The second kappa shape index (κ2) is 10.6. The van der Waals surface area contributed by atoms with Crippen molar-refractivity contribution >= 4 is 11.6 Å². The number of imidazole rings is 1. The van der Waals surface area contributed by atoms with E-state index < -0.39 is 0 Å². The maximum atomic E-state index is 13.1. The van der Waals surface area contributed by atoms with Gasteiger partial charge >= 0.3 is 5.69 Å². The van der Waals surface area contributed by atoms with E-state index in [-0.39, 0.29) is 5.69 Å². The van der Waals surface area contributed by atoms with Crippen LogP contribution in [0.4, 0.5) is 0 Å². The molecule has 0 amide bonds. The molecule has 0 unspecified atom stereocenters. The van der Waals surface area contributed by atoms with E-state index in [4.69, 9.17) is 11.6 Å². The molecule has 9 heteroatoms. The lowest BCUT2D eigenvalue weighted by atomic mass is 10.0. The van der Waals surface area contributed by atoms with Crippen LogP contribution >= 0.6 is 11.6 Å². The normalized spacial score (nSPS) is 11.2. The number of benzene rings is 1. The molecular formula is C24H28ClN7O. The Hall–Kier alpha value is -3.26. The first kappa shape index (κ1) is 22.9. The Kier molecular flexibility index (Phi) is 7.34. The van der Waals surface area contributed by atoms with Crippen LogP contribution in [0.15, 0.2) is 47.4 Å². The number of hydrogen-bond acceptors (Lipinski definition) is 5. The van der Waals surface area contributed by atoms with Crippen molar-refractivity contribution in [2.45, 2.75) is 59.0 Å². The van der Waals surface area contributed by atoms with Gasteiger partial charge in [0.25, 0.3) is 0 Å². The van der Waals surface area contributed by atoms with Gasteiger partial charge in [0, 0.05) is 18.3 Å². The van der Waals surface area contributed by atoms with Crippen LogP contribution in [0.2, 0.25) is 5.15 Å². The third-order valence-electron chi connectivity index (χ3n) is 5.70. The molecule has 0 fully saturated rings. The van der Waals surface area contributed by atoms with E-state index in [0.717, 1.165) is 54.5 Å². The summed E-state index contributed by atoms with van der Waals surface area (Å²) in [4.78, 5) is 17.5. The molecular weight excluding hydrogens is 438 g/mol. The molecule has 0 aliphatic heterocycles. The summed E-state index contributed by atoms with van der Waals surface area (Å²) in [7, 11) is 0. The molecule has 0 spiro atoms. The van der Waals surface area contributed by atoms with Crippen molar-refractivity contribution < 1.29 is 0 Å². The van der Waals surface area contributed by atoms with E-state index in [1.165, 1.54) is 0 Å². The third kappa shape index (κ3) is 4.90. The largest absolute Gasteiger partial charge is 0.329 e. The Morgan fingerprint density at radius 3 is 2.55 bits per heavy atom. The van der Waals surface area contributed by atoms with Gasteiger partial charge in [0.1, 0.15) is 10.8 Å². The Labute approximate surface area is 197 Å². The van der Waals surface area contributed by atoms with Crippen LogP contribution in [0.25, 0.3) is 22.6 Å². The first-order chi connectivity index (χ1) is 16.1. The topological polar surface area (TPSA) is 94.3 Å². The number of pyridine rings is 1. The lowest BCUT2D eigenvalue weighted by Gasteiger charge is -2.10. The van der Waals surface area contributed by atoms with Gasteiger partial charge in [-0.2, -0.15) is 5.21 Å². The van der Waals surface area contributed by atoms with Crippen LogP contribution in [0.1, 0.15) is 50.8 Å². The van der Waals surface area contributed by atoms with E-state index in [1.54, 1.807) is 10.8 Å². The van der Waals surface area contributed by atoms with Gasteiger partial charge in [-0.1, -0.05) is 68.6 Å². The minimum atomic E-state index is -0.0379. The van der Waals surface area contributed by atoms with E-state index in [0.29, 0.717) is 29.8 Å². The van der Waals surface area contributed by atoms with Crippen molar-refractivity contribution in [1.82, 2.24) is 34.7 Å². The second-order valence-electron chi connectivity index (χ2n) is 8.05. The number of halogens is 1. The first-order valence-corrected chi connectivity index (χ1v) is 11.8. The zero-order valence-electron chi connectivity index (χ0n) is 19.0. The zero-order valence-corrected chi connectivity index (χ0v) is 19.7. The number of hydrogen-bond donors (Lipinski definition) is 1. The predicted molar refractivity (Wildman–Crippen MR) is 129 cm³/mol. The highest BCUT2D eigenvalue weighted by Gasteiger charge is 2.18. The van der Waals surface area contributed by atoms with Gasteiger partial charge in [0.2, 0.25) is 5.82 Å². The van der Waals surface area contributed by atoms with Gasteiger partial charge in [-0.15, -0.1) is 10.2 Å². The molecule has 3 heterocycles. The second-order valence-corrected chi connectivity index (χ2v) is 8.40. The number of H-pyrrole nitrogens is 1. The van der Waals surface area contributed by atoms with Crippen molar-refractivity contribution in [2.75, 3.05) is 0 Å². The van der Waals surface area contributed by atoms with Gasteiger partial charge in [-0.3, -0.25) is 14.1 Å². The van der Waals surface area contributed by atoms with Crippen LogP contribution in [0.5, 0.6) is 0 Å². The quantitative estimate of drug-likeness (QED) is 0.341. The molecule has 0 saturated carbocycles.